The number of nitrogens with zero attached hydrogens (tertiary/aromatic N) is 2. The SMILES string of the molecule is COc1ccc2c(O[C@@H]3C[C@@H](C(=O)N[C@]4(C(=O)O)C[C@H]4/C=C\C4CC4S(N)(=O)=O)N(C(=O)OC(C)(C)C)C3)ccnc2c1. The number of ether oxygens (including phenoxy) is 3. The van der Waals surface area contributed by atoms with Crippen LogP contribution in [0.15, 0.2) is 42.6 Å². The Morgan fingerprint density at radius 1 is 1.19 bits per heavy atom. The number of hydrogen-bond acceptors (Lipinski definition) is 9. The topological polar surface area (TPSA) is 187 Å². The summed E-state index contributed by atoms with van der Waals surface area (Å²) in [4.78, 5) is 44.7. The molecule has 4 N–H and O–H groups in total. The average Bonchev–Trinajstić information content (AvgIpc) is 3.80. The second-order valence-corrected chi connectivity index (χ2v) is 14.1. The second kappa shape index (κ2) is 11.0. The van der Waals surface area contributed by atoms with Gasteiger partial charge in [-0.3, -0.25) is 14.7 Å². The molecule has 0 radical (unpaired) electrons. The maximum absolute atomic E-state index is 13.6. The Kier molecular flexibility index (Phi) is 7.80. The molecule has 2 unspecified atom stereocenters. The molecule has 1 saturated heterocycles. The third-order valence-corrected chi connectivity index (χ3v) is 9.32. The van der Waals surface area contributed by atoms with Crippen molar-refractivity contribution >= 4 is 38.9 Å². The molecular weight excluding hydrogens is 580 g/mol. The van der Waals surface area contributed by atoms with Gasteiger partial charge in [-0.25, -0.2) is 23.1 Å². The number of carbonyl (C=O) groups is 3. The number of primary sulfonamides is 1. The van der Waals surface area contributed by atoms with Crippen LogP contribution < -0.4 is 19.9 Å². The van der Waals surface area contributed by atoms with E-state index in [1.165, 1.54) is 4.90 Å². The van der Waals surface area contributed by atoms with Gasteiger partial charge < -0.3 is 24.6 Å². The summed E-state index contributed by atoms with van der Waals surface area (Å²) in [7, 11) is -2.10. The van der Waals surface area contributed by atoms with Crippen LogP contribution in [0.5, 0.6) is 11.5 Å². The first-order valence-corrected chi connectivity index (χ1v) is 15.6. The Balaban J connectivity index is 1.33. The van der Waals surface area contributed by atoms with Crippen molar-refractivity contribution in [3.8, 4) is 11.5 Å². The fourth-order valence-corrected chi connectivity index (χ4v) is 6.55. The quantitative estimate of drug-likeness (QED) is 0.353. The number of sulfonamides is 1. The van der Waals surface area contributed by atoms with Gasteiger partial charge in [0.05, 0.1) is 24.4 Å². The fourth-order valence-electron chi connectivity index (χ4n) is 5.48. The highest BCUT2D eigenvalue weighted by molar-refractivity contribution is 7.90. The van der Waals surface area contributed by atoms with E-state index in [0.29, 0.717) is 23.4 Å². The van der Waals surface area contributed by atoms with Crippen LogP contribution in [-0.2, 0) is 24.3 Å². The Morgan fingerprint density at radius 2 is 1.93 bits per heavy atom. The normalized spacial score (nSPS) is 28.5. The molecule has 1 aromatic heterocycles. The first-order chi connectivity index (χ1) is 20.1. The molecule has 13 nitrogen and oxygen atoms in total. The number of likely N-dealkylation sites (tertiary alicyclic amines) is 1. The molecule has 2 amide bonds. The minimum atomic E-state index is -3.66. The van der Waals surface area contributed by atoms with Crippen LogP contribution in [0.2, 0.25) is 0 Å². The number of rotatable bonds is 9. The minimum absolute atomic E-state index is 0.0347. The third-order valence-electron chi connectivity index (χ3n) is 7.93. The molecule has 2 heterocycles. The number of amides is 2. The number of aromatic nitrogens is 1. The number of fused-ring (bicyclic) bond motifs is 1. The summed E-state index contributed by atoms with van der Waals surface area (Å²) in [6, 6.07) is 6.00. The van der Waals surface area contributed by atoms with Crippen molar-refractivity contribution in [3.63, 3.8) is 0 Å². The number of carboxylic acid groups (broad SMARTS) is 1. The molecule has 5 rings (SSSR count). The highest BCUT2D eigenvalue weighted by atomic mass is 32.2. The lowest BCUT2D eigenvalue weighted by atomic mass is 10.1. The number of methoxy groups -OCH3 is 1. The Morgan fingerprint density at radius 3 is 2.56 bits per heavy atom. The molecule has 3 aliphatic rings. The molecule has 232 valence electrons. The van der Waals surface area contributed by atoms with Gasteiger partial charge in [0.25, 0.3) is 0 Å². The number of aliphatic carboxylic acids is 1. The third kappa shape index (κ3) is 6.54. The maximum Gasteiger partial charge on any atom is 0.411 e. The fraction of sp³-hybridized carbons (Fsp3) is 0.517. The lowest BCUT2D eigenvalue weighted by Gasteiger charge is -2.28. The summed E-state index contributed by atoms with van der Waals surface area (Å²) in [6.07, 6.45) is 4.15. The Bertz CT molecular complexity index is 1590. The first-order valence-electron chi connectivity index (χ1n) is 14.0. The second-order valence-electron chi connectivity index (χ2n) is 12.3. The van der Waals surface area contributed by atoms with Gasteiger partial charge in [-0.05, 0) is 57.7 Å². The summed E-state index contributed by atoms with van der Waals surface area (Å²) in [5, 5.41) is 17.9. The largest absolute Gasteiger partial charge is 0.497 e. The smallest absolute Gasteiger partial charge is 0.411 e. The lowest BCUT2D eigenvalue weighted by Crippen LogP contribution is -2.53. The van der Waals surface area contributed by atoms with Gasteiger partial charge in [0.1, 0.15) is 34.8 Å². The maximum atomic E-state index is 13.6. The number of pyridine rings is 1. The van der Waals surface area contributed by atoms with Gasteiger partial charge >= 0.3 is 12.1 Å². The van der Waals surface area contributed by atoms with Crippen molar-refractivity contribution in [2.45, 2.75) is 68.6 Å². The number of nitrogens with one attached hydrogen (secondary N) is 1. The van der Waals surface area contributed by atoms with Crippen molar-refractivity contribution < 1.29 is 42.1 Å². The molecule has 0 bridgehead atoms. The summed E-state index contributed by atoms with van der Waals surface area (Å²) in [5.74, 6) is -1.54. The molecule has 6 atom stereocenters. The molecule has 3 fully saturated rings. The van der Waals surface area contributed by atoms with E-state index in [-0.39, 0.29) is 25.3 Å². The summed E-state index contributed by atoms with van der Waals surface area (Å²) >= 11 is 0. The van der Waals surface area contributed by atoms with Crippen molar-refractivity contribution in [2.24, 2.45) is 17.0 Å². The van der Waals surface area contributed by atoms with Crippen molar-refractivity contribution in [2.75, 3.05) is 13.7 Å². The zero-order valence-electron chi connectivity index (χ0n) is 24.3. The number of benzene rings is 1. The van der Waals surface area contributed by atoms with Gasteiger partial charge in [-0.2, -0.15) is 0 Å². The van der Waals surface area contributed by atoms with Gasteiger partial charge in [0, 0.05) is 30.0 Å². The van der Waals surface area contributed by atoms with Crippen molar-refractivity contribution in [1.82, 2.24) is 15.2 Å². The molecule has 43 heavy (non-hydrogen) atoms. The minimum Gasteiger partial charge on any atom is -0.497 e. The van der Waals surface area contributed by atoms with Crippen LogP contribution in [0, 0.1) is 11.8 Å². The van der Waals surface area contributed by atoms with Crippen LogP contribution in [0.4, 0.5) is 4.79 Å². The zero-order chi connectivity index (χ0) is 31.3. The average molecular weight is 617 g/mol. The number of hydrogen-bond donors (Lipinski definition) is 3. The predicted octanol–water partition coefficient (Wildman–Crippen LogP) is 2.19. The molecule has 2 aromatic rings. The number of carboxylic acids is 1. The lowest BCUT2D eigenvalue weighted by molar-refractivity contribution is -0.144. The van der Waals surface area contributed by atoms with E-state index in [4.69, 9.17) is 19.3 Å². The first kappa shape index (κ1) is 30.5. The monoisotopic (exact) mass is 616 g/mol. The van der Waals surface area contributed by atoms with Gasteiger partial charge in [0.15, 0.2) is 0 Å². The van der Waals surface area contributed by atoms with Crippen LogP contribution in [0.1, 0.15) is 40.0 Å². The van der Waals surface area contributed by atoms with Crippen LogP contribution in [-0.4, -0.2) is 83.6 Å². The van der Waals surface area contributed by atoms with E-state index < -0.39 is 62.4 Å². The van der Waals surface area contributed by atoms with Gasteiger partial charge in [0.2, 0.25) is 15.9 Å². The van der Waals surface area contributed by atoms with E-state index in [1.54, 1.807) is 64.4 Å². The number of nitrogens with two attached hydrogens (primary N) is 1. The molecule has 14 heteroatoms. The molecular formula is C29H36N4O9S. The van der Waals surface area contributed by atoms with E-state index >= 15 is 0 Å². The van der Waals surface area contributed by atoms with Gasteiger partial charge in [-0.1, -0.05) is 12.2 Å². The summed E-state index contributed by atoms with van der Waals surface area (Å²) in [6.45, 7) is 5.17. The number of allylic oxidation sites excluding steroid dienone is 1. The standard InChI is InChI=1S/C29H36N4O9S/c1-28(2,3)42-27(37)33-15-19(41-23-9-10-31-21-12-18(40-4)7-8-20(21)23)13-22(33)25(34)32-29(26(35)36)14-17(29)6-5-16-11-24(16)43(30,38)39/h5-10,12,16-17,19,22,24H,11,13-15H2,1-4H3,(H,32,34)(H,35,36)(H2,30,38,39)/b6-5-/t16?,17-,19-,22+,24?,29-/m1/s1. The molecule has 2 aliphatic carbocycles. The molecule has 1 aliphatic heterocycles. The molecule has 1 aromatic carbocycles. The van der Waals surface area contributed by atoms with Crippen LogP contribution >= 0.6 is 0 Å². The highest BCUT2D eigenvalue weighted by Gasteiger charge is 2.62. The zero-order valence-corrected chi connectivity index (χ0v) is 25.2. The Labute approximate surface area is 249 Å². The predicted molar refractivity (Wildman–Crippen MR) is 155 cm³/mol. The summed E-state index contributed by atoms with van der Waals surface area (Å²) in [5.41, 5.74) is -1.76. The van der Waals surface area contributed by atoms with Crippen molar-refractivity contribution in [3.05, 3.63) is 42.6 Å². The van der Waals surface area contributed by atoms with E-state index in [2.05, 4.69) is 10.3 Å². The van der Waals surface area contributed by atoms with E-state index in [0.717, 1.165) is 5.39 Å². The van der Waals surface area contributed by atoms with E-state index in [1.807, 2.05) is 6.07 Å². The molecule has 0 spiro atoms. The van der Waals surface area contributed by atoms with Gasteiger partial charge in [-0.15, -0.1) is 0 Å². The van der Waals surface area contributed by atoms with Crippen molar-refractivity contribution in [1.29, 1.82) is 0 Å². The molecule has 2 saturated carbocycles. The Hall–Kier alpha value is -3.91. The van der Waals surface area contributed by atoms with E-state index in [9.17, 15) is 27.9 Å². The number of carbonyl (C=O) groups excluding carboxylic acids is 2. The van der Waals surface area contributed by atoms with Crippen LogP contribution in [0.3, 0.4) is 0 Å². The van der Waals surface area contributed by atoms with Crippen LogP contribution in [0.25, 0.3) is 10.9 Å². The highest BCUT2D eigenvalue weighted by Crippen LogP contribution is 2.47. The summed E-state index contributed by atoms with van der Waals surface area (Å²) < 4.78 is 40.2.